The van der Waals surface area contributed by atoms with Crippen molar-refractivity contribution in [2.75, 3.05) is 26.2 Å². The van der Waals surface area contributed by atoms with Crippen molar-refractivity contribution in [1.29, 1.82) is 0 Å². The number of pyridine rings is 1. The van der Waals surface area contributed by atoms with Gasteiger partial charge in [0.2, 0.25) is 5.91 Å². The fourth-order valence-corrected chi connectivity index (χ4v) is 3.32. The highest BCUT2D eigenvalue weighted by molar-refractivity contribution is 5.78. The summed E-state index contributed by atoms with van der Waals surface area (Å²) in [5, 5.41) is 4.61. The van der Waals surface area contributed by atoms with Gasteiger partial charge in [-0.1, -0.05) is 19.9 Å². The van der Waals surface area contributed by atoms with E-state index in [2.05, 4.69) is 36.0 Å². The zero-order valence-electron chi connectivity index (χ0n) is 14.1. The maximum absolute atomic E-state index is 12.4. The lowest BCUT2D eigenvalue weighted by atomic mass is 10.0. The molecule has 0 atom stereocenters. The normalized spacial score (nSPS) is 16.4. The average Bonchev–Trinajstić information content (AvgIpc) is 2.98. The number of piperazine rings is 1. The third-order valence-corrected chi connectivity index (χ3v) is 4.82. The molecule has 3 rings (SSSR count). The summed E-state index contributed by atoms with van der Waals surface area (Å²) in [4.78, 5) is 16.9. The first-order valence-electron chi connectivity index (χ1n) is 8.65. The van der Waals surface area contributed by atoms with Gasteiger partial charge in [-0.3, -0.25) is 9.69 Å². The Bertz CT molecular complexity index is 621. The standard InChI is InChI=1S/C18H26N4O/c1-3-15(4-2)18(23)21-11-9-20(10-12-21)14-16-13-17-7-5-6-8-22(17)19-16/h5-8,13,15H,3-4,9-12,14H2,1-2H3. The van der Waals surface area contributed by atoms with E-state index in [-0.39, 0.29) is 5.92 Å². The van der Waals surface area contributed by atoms with Crippen molar-refractivity contribution in [3.05, 3.63) is 36.2 Å². The molecular weight excluding hydrogens is 288 g/mol. The van der Waals surface area contributed by atoms with Crippen LogP contribution in [0.25, 0.3) is 5.52 Å². The minimum absolute atomic E-state index is 0.194. The molecule has 1 amide bonds. The molecule has 0 spiro atoms. The van der Waals surface area contributed by atoms with E-state index in [1.54, 1.807) is 0 Å². The van der Waals surface area contributed by atoms with Crippen LogP contribution in [0.2, 0.25) is 0 Å². The molecule has 0 N–H and O–H groups in total. The zero-order valence-corrected chi connectivity index (χ0v) is 14.1. The predicted molar refractivity (Wildman–Crippen MR) is 91.1 cm³/mol. The van der Waals surface area contributed by atoms with Crippen LogP contribution in [0, 0.1) is 5.92 Å². The van der Waals surface area contributed by atoms with Gasteiger partial charge >= 0.3 is 0 Å². The summed E-state index contributed by atoms with van der Waals surface area (Å²) in [6.07, 6.45) is 3.86. The molecule has 1 aliphatic heterocycles. The van der Waals surface area contributed by atoms with Crippen molar-refractivity contribution in [3.63, 3.8) is 0 Å². The highest BCUT2D eigenvalue weighted by Gasteiger charge is 2.25. The third kappa shape index (κ3) is 3.55. The number of nitrogens with zero attached hydrogens (tertiary/aromatic N) is 4. The van der Waals surface area contributed by atoms with Crippen LogP contribution in [0.5, 0.6) is 0 Å². The molecular formula is C18H26N4O. The maximum Gasteiger partial charge on any atom is 0.225 e. The summed E-state index contributed by atoms with van der Waals surface area (Å²) in [5.74, 6) is 0.530. The van der Waals surface area contributed by atoms with E-state index in [0.29, 0.717) is 5.91 Å². The van der Waals surface area contributed by atoms with Crippen molar-refractivity contribution in [2.24, 2.45) is 5.92 Å². The van der Waals surface area contributed by atoms with Crippen LogP contribution >= 0.6 is 0 Å². The summed E-state index contributed by atoms with van der Waals surface area (Å²) < 4.78 is 1.92. The van der Waals surface area contributed by atoms with Gasteiger partial charge in [0.15, 0.2) is 0 Å². The van der Waals surface area contributed by atoms with Gasteiger partial charge in [-0.05, 0) is 31.0 Å². The van der Waals surface area contributed by atoms with Crippen LogP contribution in [-0.4, -0.2) is 51.5 Å². The van der Waals surface area contributed by atoms with E-state index < -0.39 is 0 Å². The molecule has 1 saturated heterocycles. The molecule has 1 aliphatic rings. The molecule has 0 radical (unpaired) electrons. The van der Waals surface area contributed by atoms with E-state index >= 15 is 0 Å². The Hall–Kier alpha value is -1.88. The first kappa shape index (κ1) is 16.0. The Morgan fingerprint density at radius 3 is 2.57 bits per heavy atom. The first-order chi connectivity index (χ1) is 11.2. The summed E-state index contributed by atoms with van der Waals surface area (Å²) >= 11 is 0. The largest absolute Gasteiger partial charge is 0.340 e. The van der Waals surface area contributed by atoms with Gasteiger partial charge in [-0.15, -0.1) is 0 Å². The SMILES string of the molecule is CCC(CC)C(=O)N1CCN(Cc2cc3ccccn3n2)CC1. The molecule has 124 valence electrons. The Labute approximate surface area is 137 Å². The second-order valence-electron chi connectivity index (χ2n) is 6.32. The van der Waals surface area contributed by atoms with E-state index in [9.17, 15) is 4.79 Å². The molecule has 2 aromatic rings. The number of carbonyl (C=O) groups is 1. The van der Waals surface area contributed by atoms with Crippen LogP contribution in [0.3, 0.4) is 0 Å². The quantitative estimate of drug-likeness (QED) is 0.851. The molecule has 3 heterocycles. The Balaban J connectivity index is 1.55. The Kier molecular flexibility index (Phi) is 4.96. The molecule has 0 aromatic carbocycles. The lowest BCUT2D eigenvalue weighted by molar-refractivity contribution is -0.137. The predicted octanol–water partition coefficient (Wildman–Crippen LogP) is 2.41. The second kappa shape index (κ2) is 7.13. The number of hydrogen-bond acceptors (Lipinski definition) is 3. The molecule has 1 fully saturated rings. The van der Waals surface area contributed by atoms with Gasteiger partial charge < -0.3 is 4.90 Å². The Morgan fingerprint density at radius 2 is 1.91 bits per heavy atom. The smallest absolute Gasteiger partial charge is 0.225 e. The molecule has 0 unspecified atom stereocenters. The van der Waals surface area contributed by atoms with Crippen LogP contribution < -0.4 is 0 Å². The minimum Gasteiger partial charge on any atom is -0.340 e. The summed E-state index contributed by atoms with van der Waals surface area (Å²) in [6.45, 7) is 8.59. The molecule has 2 aromatic heterocycles. The average molecular weight is 314 g/mol. The van der Waals surface area contributed by atoms with E-state index in [1.165, 1.54) is 0 Å². The van der Waals surface area contributed by atoms with E-state index in [4.69, 9.17) is 0 Å². The second-order valence-corrected chi connectivity index (χ2v) is 6.32. The third-order valence-electron chi connectivity index (χ3n) is 4.82. The van der Waals surface area contributed by atoms with Gasteiger partial charge in [-0.2, -0.15) is 5.10 Å². The Morgan fingerprint density at radius 1 is 1.17 bits per heavy atom. The molecule has 5 nitrogen and oxygen atoms in total. The lowest BCUT2D eigenvalue weighted by Gasteiger charge is -2.36. The fraction of sp³-hybridized carbons (Fsp3) is 0.556. The van der Waals surface area contributed by atoms with Gasteiger partial charge in [0.05, 0.1) is 11.2 Å². The van der Waals surface area contributed by atoms with Crippen molar-refractivity contribution in [3.8, 4) is 0 Å². The number of carbonyl (C=O) groups excluding carboxylic acids is 1. The van der Waals surface area contributed by atoms with Crippen molar-refractivity contribution >= 4 is 11.4 Å². The van der Waals surface area contributed by atoms with Crippen LogP contribution in [-0.2, 0) is 11.3 Å². The highest BCUT2D eigenvalue weighted by atomic mass is 16.2. The van der Waals surface area contributed by atoms with Crippen LogP contribution in [0.4, 0.5) is 0 Å². The summed E-state index contributed by atoms with van der Waals surface area (Å²) in [6, 6.07) is 8.24. The van der Waals surface area contributed by atoms with E-state index in [1.807, 2.05) is 27.7 Å². The summed E-state index contributed by atoms with van der Waals surface area (Å²) in [7, 11) is 0. The lowest BCUT2D eigenvalue weighted by Crippen LogP contribution is -2.49. The van der Waals surface area contributed by atoms with Gasteiger partial charge in [0, 0.05) is 44.8 Å². The molecule has 0 aliphatic carbocycles. The van der Waals surface area contributed by atoms with Crippen LogP contribution in [0.15, 0.2) is 30.5 Å². The monoisotopic (exact) mass is 314 g/mol. The molecule has 5 heteroatoms. The number of rotatable bonds is 5. The highest BCUT2D eigenvalue weighted by Crippen LogP contribution is 2.15. The van der Waals surface area contributed by atoms with Gasteiger partial charge in [0.1, 0.15) is 0 Å². The molecule has 23 heavy (non-hydrogen) atoms. The van der Waals surface area contributed by atoms with Crippen molar-refractivity contribution < 1.29 is 4.79 Å². The molecule has 0 saturated carbocycles. The maximum atomic E-state index is 12.4. The van der Waals surface area contributed by atoms with Gasteiger partial charge in [0.25, 0.3) is 0 Å². The number of aromatic nitrogens is 2. The van der Waals surface area contributed by atoms with Crippen molar-refractivity contribution in [2.45, 2.75) is 33.2 Å². The van der Waals surface area contributed by atoms with Crippen LogP contribution in [0.1, 0.15) is 32.4 Å². The first-order valence-corrected chi connectivity index (χ1v) is 8.65. The number of fused-ring (bicyclic) bond motifs is 1. The number of amides is 1. The van der Waals surface area contributed by atoms with E-state index in [0.717, 1.165) is 56.8 Å². The van der Waals surface area contributed by atoms with Crippen molar-refractivity contribution in [1.82, 2.24) is 19.4 Å². The minimum atomic E-state index is 0.194. The summed E-state index contributed by atoms with van der Waals surface area (Å²) in [5.41, 5.74) is 2.22. The number of hydrogen-bond donors (Lipinski definition) is 0. The zero-order chi connectivity index (χ0) is 16.2. The topological polar surface area (TPSA) is 40.9 Å². The fourth-order valence-electron chi connectivity index (χ4n) is 3.32. The van der Waals surface area contributed by atoms with Gasteiger partial charge in [-0.25, -0.2) is 4.52 Å². The molecule has 0 bridgehead atoms.